The highest BCUT2D eigenvalue weighted by molar-refractivity contribution is 7.91. The summed E-state index contributed by atoms with van der Waals surface area (Å²) in [5.74, 6) is 0.117. The molecular weight excluding hydrogens is 338 g/mol. The normalized spacial score (nSPS) is 20.3. The average Bonchev–Trinajstić information content (AvgIpc) is 2.97. The monoisotopic (exact) mass is 353 g/mol. The number of rotatable bonds is 3. The minimum Gasteiger partial charge on any atom is -0.299 e. The van der Waals surface area contributed by atoms with Gasteiger partial charge in [0.05, 0.1) is 28.8 Å². The van der Waals surface area contributed by atoms with Crippen molar-refractivity contribution in [2.24, 2.45) is 4.99 Å². The molecule has 0 radical (unpaired) electrons. The molecule has 3 rings (SSSR count). The summed E-state index contributed by atoms with van der Waals surface area (Å²) >= 11 is 5.90. The lowest BCUT2D eigenvalue weighted by atomic mass is 10.2. The van der Waals surface area contributed by atoms with Crippen molar-refractivity contribution in [2.75, 3.05) is 11.5 Å². The van der Waals surface area contributed by atoms with Crippen LogP contribution in [-0.2, 0) is 9.84 Å². The molecule has 0 unspecified atom stereocenters. The first-order valence-electron chi connectivity index (χ1n) is 7.17. The van der Waals surface area contributed by atoms with E-state index in [1.165, 1.54) is 10.9 Å². The average molecular weight is 354 g/mol. The zero-order chi connectivity index (χ0) is 16.6. The van der Waals surface area contributed by atoms with Gasteiger partial charge in [0.25, 0.3) is 5.56 Å². The van der Waals surface area contributed by atoms with Gasteiger partial charge in [0.15, 0.2) is 9.84 Å². The third-order valence-corrected chi connectivity index (χ3v) is 5.85. The van der Waals surface area contributed by atoms with Gasteiger partial charge >= 0.3 is 0 Å². The second-order valence-corrected chi connectivity index (χ2v) is 8.29. The Morgan fingerprint density at radius 3 is 2.87 bits per heavy atom. The molecule has 1 N–H and O–H groups in total. The molecule has 6 nitrogen and oxygen atoms in total. The number of hydrogen-bond donors (Lipinski definition) is 1. The van der Waals surface area contributed by atoms with Gasteiger partial charge in [-0.1, -0.05) is 17.7 Å². The Morgan fingerprint density at radius 1 is 1.43 bits per heavy atom. The quantitative estimate of drug-likeness (QED) is 0.859. The molecule has 1 saturated heterocycles. The van der Waals surface area contributed by atoms with Gasteiger partial charge in [-0.05, 0) is 31.5 Å². The van der Waals surface area contributed by atoms with E-state index in [0.29, 0.717) is 28.4 Å². The predicted octanol–water partition coefficient (Wildman–Crippen LogP) is 2.25. The third-order valence-electron chi connectivity index (χ3n) is 3.87. The van der Waals surface area contributed by atoms with Crippen molar-refractivity contribution in [1.82, 2.24) is 9.78 Å². The molecule has 1 aliphatic heterocycles. The number of benzene rings is 1. The highest BCUT2D eigenvalue weighted by atomic mass is 35.5. The van der Waals surface area contributed by atoms with Crippen molar-refractivity contribution in [3.63, 3.8) is 0 Å². The van der Waals surface area contributed by atoms with Gasteiger partial charge < -0.3 is 0 Å². The molecule has 23 heavy (non-hydrogen) atoms. The van der Waals surface area contributed by atoms with Crippen molar-refractivity contribution in [3.05, 3.63) is 50.9 Å². The lowest BCUT2D eigenvalue weighted by molar-refractivity contribution is 0.483. The maximum absolute atomic E-state index is 12.5. The Kier molecular flexibility index (Phi) is 4.16. The van der Waals surface area contributed by atoms with Gasteiger partial charge in [-0.2, -0.15) is 0 Å². The molecule has 0 spiro atoms. The summed E-state index contributed by atoms with van der Waals surface area (Å²) in [6.07, 6.45) is 1.94. The number of aryl methyl sites for hydroxylation is 1. The minimum atomic E-state index is -3.05. The van der Waals surface area contributed by atoms with Crippen LogP contribution in [0.5, 0.6) is 0 Å². The Hall–Kier alpha value is -1.86. The molecule has 0 amide bonds. The maximum Gasteiger partial charge on any atom is 0.275 e. The third kappa shape index (κ3) is 3.40. The predicted molar refractivity (Wildman–Crippen MR) is 90.8 cm³/mol. The summed E-state index contributed by atoms with van der Waals surface area (Å²) in [5, 5.41) is 3.53. The number of halogens is 1. The molecule has 0 bridgehead atoms. The van der Waals surface area contributed by atoms with E-state index in [0.717, 1.165) is 0 Å². The smallest absolute Gasteiger partial charge is 0.275 e. The summed E-state index contributed by atoms with van der Waals surface area (Å²) in [6.45, 7) is 1.76. The van der Waals surface area contributed by atoms with Gasteiger partial charge in [-0.15, -0.1) is 0 Å². The molecule has 1 aromatic carbocycles. The second-order valence-electron chi connectivity index (χ2n) is 5.62. The van der Waals surface area contributed by atoms with Crippen LogP contribution in [-0.4, -0.2) is 35.9 Å². The van der Waals surface area contributed by atoms with Crippen molar-refractivity contribution in [3.8, 4) is 0 Å². The Balaban J connectivity index is 1.91. The van der Waals surface area contributed by atoms with Crippen LogP contribution in [0.3, 0.4) is 0 Å². The number of nitrogens with zero attached hydrogens (tertiary/aromatic N) is 2. The van der Waals surface area contributed by atoms with Gasteiger partial charge in [0.2, 0.25) is 0 Å². The van der Waals surface area contributed by atoms with Crippen LogP contribution >= 0.6 is 11.6 Å². The molecule has 2 heterocycles. The van der Waals surface area contributed by atoms with E-state index in [1.54, 1.807) is 31.2 Å². The first-order valence-corrected chi connectivity index (χ1v) is 9.37. The largest absolute Gasteiger partial charge is 0.299 e. The lowest BCUT2D eigenvalue weighted by Gasteiger charge is -2.07. The number of sulfone groups is 1. The fourth-order valence-corrected chi connectivity index (χ4v) is 4.55. The van der Waals surface area contributed by atoms with Crippen LogP contribution in [0.1, 0.15) is 23.7 Å². The molecular formula is C15H16ClN3O3S. The van der Waals surface area contributed by atoms with E-state index in [1.807, 2.05) is 0 Å². The van der Waals surface area contributed by atoms with Crippen molar-refractivity contribution in [2.45, 2.75) is 19.4 Å². The highest BCUT2D eigenvalue weighted by Crippen LogP contribution is 2.22. The Bertz CT molecular complexity index is 928. The zero-order valence-electron chi connectivity index (χ0n) is 12.5. The zero-order valence-corrected chi connectivity index (χ0v) is 14.1. The number of aromatic amines is 1. The molecule has 8 heteroatoms. The summed E-state index contributed by atoms with van der Waals surface area (Å²) in [6, 6.07) is 6.67. The second kappa shape index (κ2) is 5.98. The van der Waals surface area contributed by atoms with Crippen molar-refractivity contribution < 1.29 is 8.42 Å². The van der Waals surface area contributed by atoms with Gasteiger partial charge in [-0.3, -0.25) is 14.9 Å². The molecule has 0 saturated carbocycles. The molecule has 122 valence electrons. The van der Waals surface area contributed by atoms with Gasteiger partial charge in [0.1, 0.15) is 0 Å². The van der Waals surface area contributed by atoms with Gasteiger partial charge in [-0.25, -0.2) is 13.1 Å². The topological polar surface area (TPSA) is 84.3 Å². The van der Waals surface area contributed by atoms with E-state index >= 15 is 0 Å². The molecule has 1 aliphatic rings. The number of hydrogen-bond acceptors (Lipinski definition) is 4. The standard InChI is InChI=1S/C15H16ClN3O3S/c1-10-14(8-17-12-4-2-3-11(16)7-12)15(20)19(18-10)13-5-6-23(21,22)9-13/h2-4,7-8,13,18H,5-6,9H2,1H3/t13-/m1/s1. The molecule has 1 aromatic heterocycles. The lowest BCUT2D eigenvalue weighted by Crippen LogP contribution is -2.25. The number of aromatic nitrogens is 2. The first-order chi connectivity index (χ1) is 10.9. The van der Waals surface area contributed by atoms with E-state index in [9.17, 15) is 13.2 Å². The number of H-pyrrole nitrogens is 1. The summed E-state index contributed by atoms with van der Waals surface area (Å²) in [5.41, 5.74) is 1.47. The SMILES string of the molecule is Cc1[nH]n([C@@H]2CCS(=O)(=O)C2)c(=O)c1C=Nc1cccc(Cl)c1. The van der Waals surface area contributed by atoms with Crippen LogP contribution < -0.4 is 5.56 Å². The minimum absolute atomic E-state index is 0.00225. The number of nitrogens with one attached hydrogen (secondary N) is 1. The van der Waals surface area contributed by atoms with Crippen molar-refractivity contribution in [1.29, 1.82) is 0 Å². The number of aliphatic imine (C=N–C) groups is 1. The van der Waals surface area contributed by atoms with Crippen molar-refractivity contribution >= 4 is 33.3 Å². The van der Waals surface area contributed by atoms with Gasteiger partial charge in [0, 0.05) is 16.9 Å². The molecule has 0 aliphatic carbocycles. The maximum atomic E-state index is 12.5. The molecule has 1 fully saturated rings. The Labute approximate surface area is 138 Å². The highest BCUT2D eigenvalue weighted by Gasteiger charge is 2.31. The molecule has 2 aromatic rings. The van der Waals surface area contributed by atoms with E-state index in [-0.39, 0.29) is 23.1 Å². The van der Waals surface area contributed by atoms with Crippen LogP contribution in [0.15, 0.2) is 34.1 Å². The first kappa shape index (κ1) is 16.0. The van der Waals surface area contributed by atoms with E-state index in [2.05, 4.69) is 10.1 Å². The fourth-order valence-electron chi connectivity index (χ4n) is 2.67. The van der Waals surface area contributed by atoms with Crippen LogP contribution in [0.25, 0.3) is 0 Å². The fraction of sp³-hybridized carbons (Fsp3) is 0.333. The van der Waals surface area contributed by atoms with Crippen LogP contribution in [0, 0.1) is 6.92 Å². The van der Waals surface area contributed by atoms with E-state index in [4.69, 9.17) is 11.6 Å². The summed E-state index contributed by atoms with van der Waals surface area (Å²) in [4.78, 5) is 16.8. The summed E-state index contributed by atoms with van der Waals surface area (Å²) in [7, 11) is -3.05. The molecule has 1 atom stereocenters. The van der Waals surface area contributed by atoms with E-state index < -0.39 is 9.84 Å². The van der Waals surface area contributed by atoms with Crippen LogP contribution in [0.4, 0.5) is 5.69 Å². The summed E-state index contributed by atoms with van der Waals surface area (Å²) < 4.78 is 24.6. The Morgan fingerprint density at radius 2 is 2.22 bits per heavy atom. The van der Waals surface area contributed by atoms with Crippen LogP contribution in [0.2, 0.25) is 5.02 Å².